The van der Waals surface area contributed by atoms with Gasteiger partial charge in [-0.2, -0.15) is 0 Å². The molecule has 1 aliphatic rings. The van der Waals surface area contributed by atoms with Crippen molar-refractivity contribution in [3.05, 3.63) is 11.6 Å². The number of nitrogens with two attached hydrogens (primary N) is 1. The summed E-state index contributed by atoms with van der Waals surface area (Å²) < 4.78 is 0. The van der Waals surface area contributed by atoms with Gasteiger partial charge in [0.1, 0.15) is 0 Å². The first-order chi connectivity index (χ1) is 7.34. The summed E-state index contributed by atoms with van der Waals surface area (Å²) >= 11 is 0. The van der Waals surface area contributed by atoms with Gasteiger partial charge in [0.05, 0.1) is 0 Å². The second-order valence-electron chi connectivity index (χ2n) is 4.83. The number of hydrogen-bond acceptors (Lipinski definition) is 1. The Kier molecular flexibility index (Phi) is 6.74. The third-order valence-corrected chi connectivity index (χ3v) is 3.42. The Bertz CT molecular complexity index is 184. The largest absolute Gasteiger partial charge is 0.324 e. The van der Waals surface area contributed by atoms with Crippen molar-refractivity contribution in [2.45, 2.75) is 77.2 Å². The van der Waals surface area contributed by atoms with Gasteiger partial charge in [0.2, 0.25) is 0 Å². The van der Waals surface area contributed by atoms with Gasteiger partial charge < -0.3 is 5.73 Å². The fraction of sp³-hybridized carbons (Fsp3) is 0.857. The molecule has 1 atom stereocenters. The molecule has 1 aliphatic carbocycles. The summed E-state index contributed by atoms with van der Waals surface area (Å²) in [6.45, 7) is 2.26. The topological polar surface area (TPSA) is 26.0 Å². The van der Waals surface area contributed by atoms with Gasteiger partial charge in [-0.25, -0.2) is 0 Å². The predicted molar refractivity (Wildman–Crippen MR) is 67.9 cm³/mol. The van der Waals surface area contributed by atoms with E-state index in [1.54, 1.807) is 0 Å². The molecule has 15 heavy (non-hydrogen) atoms. The quantitative estimate of drug-likeness (QED) is 0.494. The smallest absolute Gasteiger partial charge is 0.0253 e. The Labute approximate surface area is 95.1 Å². The van der Waals surface area contributed by atoms with E-state index in [4.69, 9.17) is 5.73 Å². The van der Waals surface area contributed by atoms with Crippen LogP contribution in [0.1, 0.15) is 71.1 Å². The van der Waals surface area contributed by atoms with Crippen LogP contribution in [-0.2, 0) is 0 Å². The highest BCUT2D eigenvalue weighted by atomic mass is 14.6. The molecule has 0 aromatic heterocycles. The highest BCUT2D eigenvalue weighted by molar-refractivity contribution is 5.11. The van der Waals surface area contributed by atoms with E-state index in [1.807, 2.05) is 0 Å². The molecule has 0 saturated carbocycles. The predicted octanol–water partition coefficient (Wildman–Crippen LogP) is 4.17. The summed E-state index contributed by atoms with van der Waals surface area (Å²) in [6, 6.07) is 0.368. The normalized spacial score (nSPS) is 18.7. The van der Waals surface area contributed by atoms with Gasteiger partial charge in [-0.15, -0.1) is 0 Å². The van der Waals surface area contributed by atoms with Gasteiger partial charge >= 0.3 is 0 Å². The minimum absolute atomic E-state index is 0.368. The summed E-state index contributed by atoms with van der Waals surface area (Å²) in [6.07, 6.45) is 15.6. The van der Waals surface area contributed by atoms with E-state index in [-0.39, 0.29) is 0 Å². The molecule has 1 heteroatoms. The zero-order valence-electron chi connectivity index (χ0n) is 10.3. The lowest BCUT2D eigenvalue weighted by Crippen LogP contribution is -2.23. The van der Waals surface area contributed by atoms with Crippen molar-refractivity contribution in [2.24, 2.45) is 5.73 Å². The van der Waals surface area contributed by atoms with Crippen molar-refractivity contribution in [1.82, 2.24) is 0 Å². The lowest BCUT2D eigenvalue weighted by Gasteiger charge is -2.19. The third kappa shape index (κ3) is 5.36. The maximum Gasteiger partial charge on any atom is 0.0253 e. The van der Waals surface area contributed by atoms with Crippen LogP contribution in [0.3, 0.4) is 0 Å². The summed E-state index contributed by atoms with van der Waals surface area (Å²) in [5.74, 6) is 0. The van der Waals surface area contributed by atoms with E-state index in [9.17, 15) is 0 Å². The second-order valence-corrected chi connectivity index (χ2v) is 4.83. The van der Waals surface area contributed by atoms with Crippen LogP contribution in [0, 0.1) is 0 Å². The Balaban J connectivity index is 2.07. The van der Waals surface area contributed by atoms with Crippen molar-refractivity contribution in [3.63, 3.8) is 0 Å². The first kappa shape index (κ1) is 12.8. The van der Waals surface area contributed by atoms with Crippen molar-refractivity contribution < 1.29 is 0 Å². The highest BCUT2D eigenvalue weighted by Crippen LogP contribution is 2.22. The average Bonchev–Trinajstić information content (AvgIpc) is 2.30. The fourth-order valence-electron chi connectivity index (χ4n) is 2.35. The highest BCUT2D eigenvalue weighted by Gasteiger charge is 2.11. The minimum atomic E-state index is 0.368. The van der Waals surface area contributed by atoms with Crippen LogP contribution >= 0.6 is 0 Å². The van der Waals surface area contributed by atoms with Crippen molar-refractivity contribution >= 4 is 0 Å². The van der Waals surface area contributed by atoms with Gasteiger partial charge in [0, 0.05) is 6.04 Å². The van der Waals surface area contributed by atoms with Crippen LogP contribution in [-0.4, -0.2) is 6.04 Å². The Morgan fingerprint density at radius 1 is 1.20 bits per heavy atom. The first-order valence-corrected chi connectivity index (χ1v) is 6.79. The van der Waals surface area contributed by atoms with Crippen LogP contribution in [0.5, 0.6) is 0 Å². The molecule has 0 spiro atoms. The monoisotopic (exact) mass is 209 g/mol. The minimum Gasteiger partial charge on any atom is -0.324 e. The molecule has 0 saturated heterocycles. The number of allylic oxidation sites excluding steroid dienone is 1. The molecule has 88 valence electrons. The van der Waals surface area contributed by atoms with Crippen LogP contribution in [0.25, 0.3) is 0 Å². The lowest BCUT2D eigenvalue weighted by atomic mass is 9.91. The van der Waals surface area contributed by atoms with Gasteiger partial charge in [0.25, 0.3) is 0 Å². The summed E-state index contributed by atoms with van der Waals surface area (Å²) in [4.78, 5) is 0. The fourth-order valence-corrected chi connectivity index (χ4v) is 2.35. The van der Waals surface area contributed by atoms with E-state index >= 15 is 0 Å². The van der Waals surface area contributed by atoms with Crippen LogP contribution < -0.4 is 5.73 Å². The van der Waals surface area contributed by atoms with Crippen LogP contribution in [0.15, 0.2) is 11.6 Å². The molecule has 1 nitrogen and oxygen atoms in total. The standard InChI is InChI=1S/C14H27N/c1-2-3-4-5-9-12-14(15)13-10-7-6-8-11-13/h10,14H,2-9,11-12,15H2,1H3. The molecule has 0 amide bonds. The molecule has 0 bridgehead atoms. The van der Waals surface area contributed by atoms with E-state index in [0.29, 0.717) is 6.04 Å². The summed E-state index contributed by atoms with van der Waals surface area (Å²) in [7, 11) is 0. The lowest BCUT2D eigenvalue weighted by molar-refractivity contribution is 0.549. The molecule has 0 heterocycles. The van der Waals surface area contributed by atoms with E-state index in [0.717, 1.165) is 0 Å². The van der Waals surface area contributed by atoms with Gasteiger partial charge in [-0.1, -0.05) is 50.7 Å². The molecule has 0 fully saturated rings. The van der Waals surface area contributed by atoms with Gasteiger partial charge in [0.15, 0.2) is 0 Å². The van der Waals surface area contributed by atoms with E-state index in [2.05, 4.69) is 13.0 Å². The maximum absolute atomic E-state index is 6.19. The van der Waals surface area contributed by atoms with Gasteiger partial charge in [-0.3, -0.25) is 0 Å². The van der Waals surface area contributed by atoms with E-state index < -0.39 is 0 Å². The SMILES string of the molecule is CCCCCCCC(N)C1=CCCCC1. The molecule has 0 aromatic rings. The van der Waals surface area contributed by atoms with E-state index in [1.165, 1.54) is 69.8 Å². The number of hydrogen-bond donors (Lipinski definition) is 1. The summed E-state index contributed by atoms with van der Waals surface area (Å²) in [5.41, 5.74) is 7.73. The number of rotatable bonds is 7. The molecule has 0 aliphatic heterocycles. The van der Waals surface area contributed by atoms with Crippen molar-refractivity contribution in [2.75, 3.05) is 0 Å². The third-order valence-electron chi connectivity index (χ3n) is 3.42. The maximum atomic E-state index is 6.19. The Morgan fingerprint density at radius 2 is 2.00 bits per heavy atom. The average molecular weight is 209 g/mol. The molecular formula is C14H27N. The number of unbranched alkanes of at least 4 members (excludes halogenated alkanes) is 4. The van der Waals surface area contributed by atoms with Crippen molar-refractivity contribution in [1.29, 1.82) is 0 Å². The first-order valence-electron chi connectivity index (χ1n) is 6.79. The molecule has 1 unspecified atom stereocenters. The molecule has 1 rings (SSSR count). The molecular weight excluding hydrogens is 182 g/mol. The van der Waals surface area contributed by atoms with Crippen LogP contribution in [0.2, 0.25) is 0 Å². The summed E-state index contributed by atoms with van der Waals surface area (Å²) in [5, 5.41) is 0. The Morgan fingerprint density at radius 3 is 2.67 bits per heavy atom. The zero-order valence-corrected chi connectivity index (χ0v) is 10.3. The van der Waals surface area contributed by atoms with Crippen molar-refractivity contribution in [3.8, 4) is 0 Å². The van der Waals surface area contributed by atoms with Crippen LogP contribution in [0.4, 0.5) is 0 Å². The molecule has 0 radical (unpaired) electrons. The zero-order chi connectivity index (χ0) is 10.9. The molecule has 2 N–H and O–H groups in total. The van der Waals surface area contributed by atoms with Gasteiger partial charge in [-0.05, 0) is 32.1 Å². The molecule has 0 aromatic carbocycles. The Hall–Kier alpha value is -0.300. The second kappa shape index (κ2) is 7.92.